The van der Waals surface area contributed by atoms with Gasteiger partial charge in [0, 0.05) is 30.5 Å². The molecule has 1 aliphatic rings. The van der Waals surface area contributed by atoms with Crippen LogP contribution in [0.2, 0.25) is 0 Å². The molecular weight excluding hydrogens is 227 g/mol. The first kappa shape index (κ1) is 11.5. The summed E-state index contributed by atoms with van der Waals surface area (Å²) in [6.07, 6.45) is 6.48. The van der Waals surface area contributed by atoms with Gasteiger partial charge in [0.05, 0.1) is 0 Å². The molecule has 18 heavy (non-hydrogen) atoms. The fourth-order valence-electron chi connectivity index (χ4n) is 2.31. The third-order valence-corrected chi connectivity index (χ3v) is 3.60. The van der Waals surface area contributed by atoms with Crippen molar-refractivity contribution >= 4 is 0 Å². The smallest absolute Gasteiger partial charge is 0.128 e. The SMILES string of the molecule is NC(c1ccn(Cc2ccccc2F)c1)C1CC1. The van der Waals surface area contributed by atoms with E-state index in [1.165, 1.54) is 18.9 Å². The van der Waals surface area contributed by atoms with Crippen molar-refractivity contribution < 1.29 is 4.39 Å². The molecule has 1 aliphatic carbocycles. The highest BCUT2D eigenvalue weighted by atomic mass is 19.1. The molecule has 1 fully saturated rings. The maximum absolute atomic E-state index is 13.5. The monoisotopic (exact) mass is 244 g/mol. The zero-order valence-corrected chi connectivity index (χ0v) is 10.2. The van der Waals surface area contributed by atoms with E-state index in [1.54, 1.807) is 6.07 Å². The van der Waals surface area contributed by atoms with Gasteiger partial charge in [-0.2, -0.15) is 0 Å². The van der Waals surface area contributed by atoms with Crippen LogP contribution in [0.3, 0.4) is 0 Å². The van der Waals surface area contributed by atoms with Crippen LogP contribution in [0.15, 0.2) is 42.7 Å². The van der Waals surface area contributed by atoms with Gasteiger partial charge in [-0.3, -0.25) is 0 Å². The second-order valence-corrected chi connectivity index (χ2v) is 5.07. The number of nitrogens with two attached hydrogens (primary N) is 1. The van der Waals surface area contributed by atoms with Crippen molar-refractivity contribution in [1.29, 1.82) is 0 Å². The Morgan fingerprint density at radius 3 is 2.78 bits per heavy atom. The maximum Gasteiger partial charge on any atom is 0.128 e. The first-order valence-electron chi connectivity index (χ1n) is 6.39. The number of rotatable bonds is 4. The lowest BCUT2D eigenvalue weighted by molar-refractivity contribution is 0.598. The van der Waals surface area contributed by atoms with Crippen molar-refractivity contribution in [1.82, 2.24) is 4.57 Å². The molecule has 1 atom stereocenters. The van der Waals surface area contributed by atoms with Crippen LogP contribution in [-0.4, -0.2) is 4.57 Å². The van der Waals surface area contributed by atoms with Gasteiger partial charge >= 0.3 is 0 Å². The van der Waals surface area contributed by atoms with Gasteiger partial charge in [0.1, 0.15) is 5.82 Å². The fraction of sp³-hybridized carbons (Fsp3) is 0.333. The van der Waals surface area contributed by atoms with Gasteiger partial charge < -0.3 is 10.3 Å². The molecular formula is C15H17FN2. The van der Waals surface area contributed by atoms with Crippen molar-refractivity contribution in [2.45, 2.75) is 25.4 Å². The van der Waals surface area contributed by atoms with Gasteiger partial charge in [-0.25, -0.2) is 4.39 Å². The Bertz CT molecular complexity index is 543. The van der Waals surface area contributed by atoms with Crippen LogP contribution in [0.1, 0.15) is 30.0 Å². The maximum atomic E-state index is 13.5. The van der Waals surface area contributed by atoms with Crippen LogP contribution in [0, 0.1) is 11.7 Å². The molecule has 94 valence electrons. The Labute approximate surface area is 106 Å². The number of benzene rings is 1. The summed E-state index contributed by atoms with van der Waals surface area (Å²) in [5, 5.41) is 0. The average Bonchev–Trinajstić information content (AvgIpc) is 3.12. The Hall–Kier alpha value is -1.61. The average molecular weight is 244 g/mol. The second-order valence-electron chi connectivity index (χ2n) is 5.07. The molecule has 2 aromatic rings. The van der Waals surface area contributed by atoms with Crippen molar-refractivity contribution in [3.8, 4) is 0 Å². The molecule has 0 saturated heterocycles. The first-order valence-corrected chi connectivity index (χ1v) is 6.39. The van der Waals surface area contributed by atoms with Crippen LogP contribution in [0.4, 0.5) is 4.39 Å². The standard InChI is InChI=1S/C15H17FN2/c16-14-4-2-1-3-12(14)9-18-8-7-13(10-18)15(17)11-5-6-11/h1-4,7-8,10-11,15H,5-6,9,17H2. The lowest BCUT2D eigenvalue weighted by Gasteiger charge is -2.08. The molecule has 0 amide bonds. The number of hydrogen-bond donors (Lipinski definition) is 1. The van der Waals surface area contributed by atoms with Gasteiger partial charge in [0.25, 0.3) is 0 Å². The molecule has 0 spiro atoms. The normalized spacial score (nSPS) is 16.8. The van der Waals surface area contributed by atoms with Crippen LogP contribution < -0.4 is 5.73 Å². The zero-order valence-electron chi connectivity index (χ0n) is 10.2. The molecule has 1 heterocycles. The molecule has 0 bridgehead atoms. The van der Waals surface area contributed by atoms with Crippen LogP contribution in [-0.2, 0) is 6.54 Å². The highest BCUT2D eigenvalue weighted by molar-refractivity contribution is 5.21. The van der Waals surface area contributed by atoms with E-state index in [-0.39, 0.29) is 11.9 Å². The van der Waals surface area contributed by atoms with Crippen molar-refractivity contribution in [3.05, 3.63) is 59.7 Å². The van der Waals surface area contributed by atoms with Crippen molar-refractivity contribution in [2.24, 2.45) is 11.7 Å². The van der Waals surface area contributed by atoms with Gasteiger partial charge in [-0.05, 0) is 36.5 Å². The Morgan fingerprint density at radius 2 is 2.06 bits per heavy atom. The highest BCUT2D eigenvalue weighted by Gasteiger charge is 2.29. The van der Waals surface area contributed by atoms with E-state index in [1.807, 2.05) is 35.2 Å². The Balaban J connectivity index is 1.75. The molecule has 3 heteroatoms. The van der Waals surface area contributed by atoms with Crippen molar-refractivity contribution in [2.75, 3.05) is 0 Å². The first-order chi connectivity index (χ1) is 8.74. The van der Waals surface area contributed by atoms with Gasteiger partial charge in [-0.1, -0.05) is 18.2 Å². The fourth-order valence-corrected chi connectivity index (χ4v) is 2.31. The summed E-state index contributed by atoms with van der Waals surface area (Å²) >= 11 is 0. The summed E-state index contributed by atoms with van der Waals surface area (Å²) in [4.78, 5) is 0. The molecule has 3 rings (SSSR count). The minimum Gasteiger partial charge on any atom is -0.349 e. The molecule has 2 nitrogen and oxygen atoms in total. The third-order valence-electron chi connectivity index (χ3n) is 3.60. The summed E-state index contributed by atoms with van der Waals surface area (Å²) in [5.74, 6) is 0.494. The highest BCUT2D eigenvalue weighted by Crippen LogP contribution is 2.39. The summed E-state index contributed by atoms with van der Waals surface area (Å²) in [6.45, 7) is 0.560. The molecule has 0 radical (unpaired) electrons. The van der Waals surface area contributed by atoms with E-state index >= 15 is 0 Å². The summed E-state index contributed by atoms with van der Waals surface area (Å²) in [7, 11) is 0. The van der Waals surface area contributed by atoms with E-state index in [0.29, 0.717) is 18.0 Å². The minimum atomic E-state index is -0.153. The van der Waals surface area contributed by atoms with Crippen LogP contribution >= 0.6 is 0 Å². The molecule has 1 saturated carbocycles. The van der Waals surface area contributed by atoms with E-state index in [2.05, 4.69) is 0 Å². The topological polar surface area (TPSA) is 30.9 Å². The Morgan fingerprint density at radius 1 is 1.28 bits per heavy atom. The van der Waals surface area contributed by atoms with E-state index in [9.17, 15) is 4.39 Å². The summed E-state index contributed by atoms with van der Waals surface area (Å²) in [6, 6.07) is 9.07. The largest absolute Gasteiger partial charge is 0.349 e. The number of nitrogens with zero attached hydrogens (tertiary/aromatic N) is 1. The molecule has 0 aliphatic heterocycles. The van der Waals surface area contributed by atoms with Gasteiger partial charge in [-0.15, -0.1) is 0 Å². The predicted octanol–water partition coefficient (Wildman–Crippen LogP) is 3.09. The molecule has 2 N–H and O–H groups in total. The molecule has 1 aromatic heterocycles. The lowest BCUT2D eigenvalue weighted by atomic mass is 10.1. The van der Waals surface area contributed by atoms with E-state index in [4.69, 9.17) is 5.73 Å². The summed E-state index contributed by atoms with van der Waals surface area (Å²) < 4.78 is 15.5. The molecule has 1 aromatic carbocycles. The summed E-state index contributed by atoms with van der Waals surface area (Å²) in [5.41, 5.74) is 8.02. The molecule has 1 unspecified atom stereocenters. The minimum absolute atomic E-state index is 0.145. The second kappa shape index (κ2) is 4.58. The van der Waals surface area contributed by atoms with Crippen LogP contribution in [0.5, 0.6) is 0 Å². The number of hydrogen-bond acceptors (Lipinski definition) is 1. The van der Waals surface area contributed by atoms with Crippen LogP contribution in [0.25, 0.3) is 0 Å². The van der Waals surface area contributed by atoms with E-state index < -0.39 is 0 Å². The quantitative estimate of drug-likeness (QED) is 0.880. The third kappa shape index (κ3) is 2.31. The van der Waals surface area contributed by atoms with E-state index in [0.717, 1.165) is 5.56 Å². The number of aromatic nitrogens is 1. The van der Waals surface area contributed by atoms with Gasteiger partial charge in [0.15, 0.2) is 0 Å². The van der Waals surface area contributed by atoms with Crippen molar-refractivity contribution in [3.63, 3.8) is 0 Å². The lowest BCUT2D eigenvalue weighted by Crippen LogP contribution is -2.11. The number of halogens is 1. The zero-order chi connectivity index (χ0) is 12.5. The van der Waals surface area contributed by atoms with Gasteiger partial charge in [0.2, 0.25) is 0 Å². The Kier molecular flexibility index (Phi) is 2.92. The predicted molar refractivity (Wildman–Crippen MR) is 69.6 cm³/mol.